The van der Waals surface area contributed by atoms with Gasteiger partial charge in [-0.05, 0) is 69.2 Å². The van der Waals surface area contributed by atoms with Gasteiger partial charge in [0.2, 0.25) is 0 Å². The minimum atomic E-state index is -3.63. The van der Waals surface area contributed by atoms with Crippen LogP contribution in [0.3, 0.4) is 0 Å². The zero-order chi connectivity index (χ0) is 15.0. The number of halogens is 2. The lowest BCUT2D eigenvalue weighted by molar-refractivity contribution is 0.601. The Bertz CT molecular complexity index is 920. The summed E-state index contributed by atoms with van der Waals surface area (Å²) in [6.45, 7) is 0. The standard InChI is InChI=1S/C14H9Br2NO2S2/c15-10-1-4-14(12(16)8-10)21(18,19)17-11-2-3-13-9(7-11)5-6-20-13/h1-8,17H. The molecular formula is C14H9Br2NO2S2. The third-order valence-corrected chi connectivity index (χ3v) is 6.64. The van der Waals surface area contributed by atoms with Crippen molar-refractivity contribution in [3.63, 3.8) is 0 Å². The largest absolute Gasteiger partial charge is 0.280 e. The summed E-state index contributed by atoms with van der Waals surface area (Å²) in [4.78, 5) is 0.205. The molecule has 3 aromatic rings. The molecule has 7 heteroatoms. The van der Waals surface area contributed by atoms with Gasteiger partial charge in [-0.1, -0.05) is 15.9 Å². The molecule has 0 unspecified atom stereocenters. The van der Waals surface area contributed by atoms with Crippen LogP contribution in [0.15, 0.2) is 61.7 Å². The number of thiophene rings is 1. The molecule has 3 nitrogen and oxygen atoms in total. The van der Waals surface area contributed by atoms with Crippen LogP contribution in [0.25, 0.3) is 10.1 Å². The highest BCUT2D eigenvalue weighted by molar-refractivity contribution is 9.11. The van der Waals surface area contributed by atoms with E-state index in [1.54, 1.807) is 35.6 Å². The number of rotatable bonds is 3. The van der Waals surface area contributed by atoms with E-state index in [4.69, 9.17) is 0 Å². The number of hydrogen-bond donors (Lipinski definition) is 1. The average Bonchev–Trinajstić information content (AvgIpc) is 2.85. The van der Waals surface area contributed by atoms with Gasteiger partial charge in [-0.3, -0.25) is 4.72 Å². The van der Waals surface area contributed by atoms with Gasteiger partial charge in [0, 0.05) is 19.3 Å². The molecule has 0 amide bonds. The molecule has 1 N–H and O–H groups in total. The van der Waals surface area contributed by atoms with Crippen LogP contribution in [0.5, 0.6) is 0 Å². The van der Waals surface area contributed by atoms with Crippen LogP contribution in [0.4, 0.5) is 5.69 Å². The average molecular weight is 447 g/mol. The molecule has 1 aromatic heterocycles. The highest BCUT2D eigenvalue weighted by Crippen LogP contribution is 2.29. The minimum Gasteiger partial charge on any atom is -0.280 e. The fourth-order valence-corrected chi connectivity index (χ4v) is 5.50. The summed E-state index contributed by atoms with van der Waals surface area (Å²) in [5, 5.41) is 3.00. The van der Waals surface area contributed by atoms with Gasteiger partial charge in [0.1, 0.15) is 4.90 Å². The molecule has 0 fully saturated rings. The number of nitrogens with one attached hydrogen (secondary N) is 1. The molecule has 0 bridgehead atoms. The Hall–Kier alpha value is -0.890. The normalized spacial score (nSPS) is 11.7. The lowest BCUT2D eigenvalue weighted by atomic mass is 10.2. The molecule has 0 spiro atoms. The number of hydrogen-bond acceptors (Lipinski definition) is 3. The maximum absolute atomic E-state index is 12.5. The Balaban J connectivity index is 1.98. The van der Waals surface area contributed by atoms with Gasteiger partial charge in [0.25, 0.3) is 10.0 Å². The first-order valence-electron chi connectivity index (χ1n) is 5.91. The Morgan fingerprint density at radius 2 is 1.81 bits per heavy atom. The third-order valence-electron chi connectivity index (χ3n) is 2.89. The lowest BCUT2D eigenvalue weighted by Gasteiger charge is -2.10. The Labute approximate surface area is 143 Å². The van der Waals surface area contributed by atoms with Crippen molar-refractivity contribution in [2.45, 2.75) is 4.90 Å². The molecule has 1 heterocycles. The van der Waals surface area contributed by atoms with Crippen LogP contribution in [-0.4, -0.2) is 8.42 Å². The summed E-state index contributed by atoms with van der Waals surface area (Å²) in [6.07, 6.45) is 0. The van der Waals surface area contributed by atoms with Gasteiger partial charge in [-0.15, -0.1) is 11.3 Å². The van der Waals surface area contributed by atoms with E-state index in [0.717, 1.165) is 14.6 Å². The molecule has 0 atom stereocenters. The second kappa shape index (κ2) is 5.72. The number of anilines is 1. The van der Waals surface area contributed by atoms with Crippen LogP contribution < -0.4 is 4.72 Å². The molecular weight excluding hydrogens is 438 g/mol. The van der Waals surface area contributed by atoms with E-state index in [1.807, 2.05) is 23.6 Å². The van der Waals surface area contributed by atoms with E-state index in [-0.39, 0.29) is 4.90 Å². The molecule has 0 saturated carbocycles. The fourth-order valence-electron chi connectivity index (χ4n) is 1.93. The van der Waals surface area contributed by atoms with Crippen molar-refractivity contribution in [2.24, 2.45) is 0 Å². The number of sulfonamides is 1. The molecule has 0 saturated heterocycles. The first-order chi connectivity index (χ1) is 9.95. The summed E-state index contributed by atoms with van der Waals surface area (Å²) in [5.74, 6) is 0. The van der Waals surface area contributed by atoms with Crippen molar-refractivity contribution in [3.8, 4) is 0 Å². The Morgan fingerprint density at radius 3 is 2.57 bits per heavy atom. The topological polar surface area (TPSA) is 46.2 Å². The van der Waals surface area contributed by atoms with Crippen molar-refractivity contribution < 1.29 is 8.42 Å². The molecule has 21 heavy (non-hydrogen) atoms. The molecule has 3 rings (SSSR count). The van der Waals surface area contributed by atoms with E-state index < -0.39 is 10.0 Å². The monoisotopic (exact) mass is 445 g/mol. The summed E-state index contributed by atoms with van der Waals surface area (Å²) in [5.41, 5.74) is 0.552. The van der Waals surface area contributed by atoms with Crippen molar-refractivity contribution >= 4 is 69.0 Å². The molecule has 0 radical (unpaired) electrons. The van der Waals surface area contributed by atoms with Gasteiger partial charge in [-0.25, -0.2) is 8.42 Å². The summed E-state index contributed by atoms with van der Waals surface area (Å²) in [6, 6.07) is 12.4. The predicted octanol–water partition coefficient (Wildman–Crippen LogP) is 5.23. The maximum Gasteiger partial charge on any atom is 0.263 e. The van der Waals surface area contributed by atoms with Gasteiger partial charge >= 0.3 is 0 Å². The van der Waals surface area contributed by atoms with Crippen LogP contribution in [-0.2, 0) is 10.0 Å². The van der Waals surface area contributed by atoms with E-state index >= 15 is 0 Å². The van der Waals surface area contributed by atoms with Crippen LogP contribution in [0, 0.1) is 0 Å². The third kappa shape index (κ3) is 3.15. The molecule has 0 aliphatic carbocycles. The minimum absolute atomic E-state index is 0.205. The summed E-state index contributed by atoms with van der Waals surface area (Å²) < 4.78 is 30.0. The number of benzene rings is 2. The van der Waals surface area contributed by atoms with Crippen molar-refractivity contribution in [3.05, 3.63) is 56.8 Å². The SMILES string of the molecule is O=S(=O)(Nc1ccc2sccc2c1)c1ccc(Br)cc1Br. The maximum atomic E-state index is 12.5. The molecule has 108 valence electrons. The van der Waals surface area contributed by atoms with Gasteiger partial charge < -0.3 is 0 Å². The zero-order valence-corrected chi connectivity index (χ0v) is 15.3. The van der Waals surface area contributed by atoms with Gasteiger partial charge in [0.05, 0.1) is 0 Å². The summed E-state index contributed by atoms with van der Waals surface area (Å²) >= 11 is 8.22. The van der Waals surface area contributed by atoms with E-state index in [9.17, 15) is 8.42 Å². The quantitative estimate of drug-likeness (QED) is 0.598. The van der Waals surface area contributed by atoms with E-state index in [1.165, 1.54) is 0 Å². The lowest BCUT2D eigenvalue weighted by Crippen LogP contribution is -2.13. The Morgan fingerprint density at radius 1 is 1.00 bits per heavy atom. The number of fused-ring (bicyclic) bond motifs is 1. The fraction of sp³-hybridized carbons (Fsp3) is 0. The van der Waals surface area contributed by atoms with Crippen LogP contribution >= 0.6 is 43.2 Å². The van der Waals surface area contributed by atoms with Gasteiger partial charge in [0.15, 0.2) is 0 Å². The highest BCUT2D eigenvalue weighted by Gasteiger charge is 2.18. The van der Waals surface area contributed by atoms with Crippen LogP contribution in [0.2, 0.25) is 0 Å². The van der Waals surface area contributed by atoms with Crippen LogP contribution in [0.1, 0.15) is 0 Å². The first kappa shape index (κ1) is 15.0. The second-order valence-corrected chi connectivity index (χ2v) is 8.72. The van der Waals surface area contributed by atoms with Crippen molar-refractivity contribution in [1.82, 2.24) is 0 Å². The van der Waals surface area contributed by atoms with E-state index in [0.29, 0.717) is 10.2 Å². The predicted molar refractivity (Wildman–Crippen MR) is 94.5 cm³/mol. The second-order valence-electron chi connectivity index (χ2n) is 4.35. The Kier molecular flexibility index (Phi) is 4.09. The molecule has 0 aliphatic rings. The van der Waals surface area contributed by atoms with E-state index in [2.05, 4.69) is 36.6 Å². The van der Waals surface area contributed by atoms with Crippen molar-refractivity contribution in [2.75, 3.05) is 4.72 Å². The molecule has 2 aromatic carbocycles. The highest BCUT2D eigenvalue weighted by atomic mass is 79.9. The molecule has 0 aliphatic heterocycles. The first-order valence-corrected chi connectivity index (χ1v) is 9.86. The summed E-state index contributed by atoms with van der Waals surface area (Å²) in [7, 11) is -3.63. The smallest absolute Gasteiger partial charge is 0.263 e. The van der Waals surface area contributed by atoms with Crippen molar-refractivity contribution in [1.29, 1.82) is 0 Å². The van der Waals surface area contributed by atoms with Gasteiger partial charge in [-0.2, -0.15) is 0 Å². The zero-order valence-electron chi connectivity index (χ0n) is 10.5.